The van der Waals surface area contributed by atoms with Crippen molar-refractivity contribution in [1.29, 1.82) is 0 Å². The number of nitrogens with one attached hydrogen (secondary N) is 1. The molecule has 0 bridgehead atoms. The fourth-order valence-corrected chi connectivity index (χ4v) is 3.61. The molecular formula is C27H21ClN2O4. The molecule has 0 saturated carbocycles. The van der Waals surface area contributed by atoms with Crippen LogP contribution in [0.25, 0.3) is 10.8 Å². The zero-order valence-corrected chi connectivity index (χ0v) is 19.1. The molecule has 0 aliphatic carbocycles. The van der Waals surface area contributed by atoms with Crippen LogP contribution >= 0.6 is 11.6 Å². The van der Waals surface area contributed by atoms with Crippen LogP contribution in [0.4, 0.5) is 0 Å². The van der Waals surface area contributed by atoms with Crippen LogP contribution in [0.1, 0.15) is 33.2 Å². The Morgan fingerprint density at radius 1 is 0.912 bits per heavy atom. The lowest BCUT2D eigenvalue weighted by Gasteiger charge is -2.12. The molecule has 4 aromatic rings. The Bertz CT molecular complexity index is 1380. The number of hydrogen-bond acceptors (Lipinski definition) is 5. The number of benzene rings is 4. The number of nitrogens with zero attached hydrogens (tertiary/aromatic N) is 1. The number of carbonyl (C=O) groups is 2. The second-order valence-electron chi connectivity index (χ2n) is 7.23. The van der Waals surface area contributed by atoms with Gasteiger partial charge in [-0.25, -0.2) is 10.2 Å². The van der Waals surface area contributed by atoms with E-state index >= 15 is 0 Å². The summed E-state index contributed by atoms with van der Waals surface area (Å²) in [7, 11) is 0. The number of hydrazone groups is 1. The summed E-state index contributed by atoms with van der Waals surface area (Å²) < 4.78 is 11.3. The third kappa shape index (κ3) is 5.24. The lowest BCUT2D eigenvalue weighted by molar-refractivity contribution is 0.0730. The van der Waals surface area contributed by atoms with Gasteiger partial charge in [0.05, 0.1) is 29.0 Å². The van der Waals surface area contributed by atoms with Crippen molar-refractivity contribution in [2.24, 2.45) is 5.10 Å². The molecule has 0 aromatic heterocycles. The Hall–Kier alpha value is -4.16. The number of rotatable bonds is 7. The molecule has 4 aromatic carbocycles. The molecule has 170 valence electrons. The first kappa shape index (κ1) is 23.0. The monoisotopic (exact) mass is 472 g/mol. The van der Waals surface area contributed by atoms with Crippen molar-refractivity contribution in [2.75, 3.05) is 6.61 Å². The summed E-state index contributed by atoms with van der Waals surface area (Å²) in [5.41, 5.74) is 3.88. The Labute approximate surface area is 201 Å². The van der Waals surface area contributed by atoms with Crippen molar-refractivity contribution < 1.29 is 19.1 Å². The van der Waals surface area contributed by atoms with Gasteiger partial charge in [0.25, 0.3) is 5.91 Å². The molecule has 7 heteroatoms. The van der Waals surface area contributed by atoms with Gasteiger partial charge in [0, 0.05) is 0 Å². The first-order chi connectivity index (χ1) is 16.6. The van der Waals surface area contributed by atoms with E-state index in [-0.39, 0.29) is 5.75 Å². The fraction of sp³-hybridized carbons (Fsp3) is 0.0741. The molecule has 0 aliphatic rings. The molecule has 0 atom stereocenters. The third-order valence-electron chi connectivity index (χ3n) is 4.98. The quantitative estimate of drug-likeness (QED) is 0.158. The van der Waals surface area contributed by atoms with E-state index < -0.39 is 11.9 Å². The summed E-state index contributed by atoms with van der Waals surface area (Å²) in [5.74, 6) is -0.229. The number of ether oxygens (including phenoxy) is 2. The molecule has 0 fully saturated rings. The smallest absolute Gasteiger partial charge is 0.344 e. The second kappa shape index (κ2) is 10.6. The van der Waals surface area contributed by atoms with Gasteiger partial charge in [0.1, 0.15) is 0 Å². The molecule has 1 N–H and O–H groups in total. The molecule has 34 heavy (non-hydrogen) atoms. The zero-order valence-electron chi connectivity index (χ0n) is 18.3. The van der Waals surface area contributed by atoms with E-state index in [1.54, 1.807) is 48.5 Å². The van der Waals surface area contributed by atoms with Crippen LogP contribution in [0.2, 0.25) is 5.02 Å². The molecule has 0 aliphatic heterocycles. The van der Waals surface area contributed by atoms with Crippen LogP contribution in [0, 0.1) is 0 Å². The fourth-order valence-electron chi connectivity index (χ4n) is 3.39. The molecule has 0 saturated heterocycles. The largest absolute Gasteiger partial charge is 0.490 e. The van der Waals surface area contributed by atoms with Gasteiger partial charge in [0.2, 0.25) is 0 Å². The summed E-state index contributed by atoms with van der Waals surface area (Å²) >= 11 is 6.04. The van der Waals surface area contributed by atoms with Crippen molar-refractivity contribution >= 4 is 40.5 Å². The van der Waals surface area contributed by atoms with Crippen molar-refractivity contribution in [2.45, 2.75) is 6.92 Å². The van der Waals surface area contributed by atoms with Crippen LogP contribution < -0.4 is 14.9 Å². The number of halogens is 1. The highest BCUT2D eigenvalue weighted by molar-refractivity contribution is 6.33. The number of amides is 1. The van der Waals surface area contributed by atoms with Crippen LogP contribution in [0.3, 0.4) is 0 Å². The summed E-state index contributed by atoms with van der Waals surface area (Å²) in [6.45, 7) is 2.21. The molecule has 0 unspecified atom stereocenters. The Kier molecular flexibility index (Phi) is 7.20. The summed E-state index contributed by atoms with van der Waals surface area (Å²) in [5, 5.41) is 6.09. The van der Waals surface area contributed by atoms with Gasteiger partial charge in [-0.05, 0) is 59.7 Å². The first-order valence-corrected chi connectivity index (χ1v) is 11.0. The van der Waals surface area contributed by atoms with E-state index in [1.165, 1.54) is 6.21 Å². The average molecular weight is 473 g/mol. The zero-order chi connectivity index (χ0) is 23.9. The van der Waals surface area contributed by atoms with Crippen molar-refractivity contribution in [3.8, 4) is 11.5 Å². The summed E-state index contributed by atoms with van der Waals surface area (Å²) in [6, 6.07) is 24.8. The SMILES string of the molecule is CCOc1cc(C=NNC(=O)c2ccccc2Cl)ccc1OC(=O)c1cccc2ccccc12. The van der Waals surface area contributed by atoms with Gasteiger partial charge in [-0.3, -0.25) is 4.79 Å². The Morgan fingerprint density at radius 3 is 2.47 bits per heavy atom. The number of hydrogen-bond donors (Lipinski definition) is 1. The summed E-state index contributed by atoms with van der Waals surface area (Å²) in [4.78, 5) is 25.2. The van der Waals surface area contributed by atoms with Crippen molar-refractivity contribution in [1.82, 2.24) is 5.43 Å². The van der Waals surface area contributed by atoms with E-state index in [2.05, 4.69) is 10.5 Å². The van der Waals surface area contributed by atoms with Gasteiger partial charge in [0.15, 0.2) is 11.5 Å². The van der Waals surface area contributed by atoms with Crippen molar-refractivity contribution in [3.05, 3.63) is 107 Å². The maximum absolute atomic E-state index is 12.9. The van der Waals surface area contributed by atoms with Gasteiger partial charge in [-0.1, -0.05) is 60.1 Å². The number of fused-ring (bicyclic) bond motifs is 1. The molecule has 0 radical (unpaired) electrons. The minimum Gasteiger partial charge on any atom is -0.490 e. The van der Waals surface area contributed by atoms with Crippen LogP contribution in [0.5, 0.6) is 11.5 Å². The highest BCUT2D eigenvalue weighted by atomic mass is 35.5. The maximum atomic E-state index is 12.9. The van der Waals surface area contributed by atoms with Crippen LogP contribution in [0.15, 0.2) is 90.0 Å². The van der Waals surface area contributed by atoms with E-state index in [9.17, 15) is 9.59 Å². The molecule has 4 rings (SSSR count). The molecule has 0 spiro atoms. The predicted molar refractivity (Wildman–Crippen MR) is 133 cm³/mol. The lowest BCUT2D eigenvalue weighted by Crippen LogP contribution is -2.18. The van der Waals surface area contributed by atoms with E-state index in [4.69, 9.17) is 21.1 Å². The van der Waals surface area contributed by atoms with Crippen LogP contribution in [-0.4, -0.2) is 24.7 Å². The summed E-state index contributed by atoms with van der Waals surface area (Å²) in [6.07, 6.45) is 1.47. The molecule has 0 heterocycles. The number of carbonyl (C=O) groups excluding carboxylic acids is 2. The highest BCUT2D eigenvalue weighted by Crippen LogP contribution is 2.30. The Morgan fingerprint density at radius 2 is 1.65 bits per heavy atom. The number of esters is 1. The van der Waals surface area contributed by atoms with Gasteiger partial charge < -0.3 is 9.47 Å². The second-order valence-corrected chi connectivity index (χ2v) is 7.64. The van der Waals surface area contributed by atoms with Crippen LogP contribution in [-0.2, 0) is 0 Å². The normalized spacial score (nSPS) is 10.9. The van der Waals surface area contributed by atoms with Gasteiger partial charge in [-0.15, -0.1) is 0 Å². The minimum absolute atomic E-state index is 0.289. The third-order valence-corrected chi connectivity index (χ3v) is 5.31. The topological polar surface area (TPSA) is 77.0 Å². The first-order valence-electron chi connectivity index (χ1n) is 10.6. The average Bonchev–Trinajstić information content (AvgIpc) is 2.85. The standard InChI is InChI=1S/C27H21ClN2O4/c1-2-33-25-16-18(17-29-30-26(31)22-11-5-6-13-23(22)28)14-15-24(25)34-27(32)21-12-7-9-19-8-3-4-10-20(19)21/h3-17H,2H2,1H3,(H,30,31). The maximum Gasteiger partial charge on any atom is 0.344 e. The molecule has 6 nitrogen and oxygen atoms in total. The van der Waals surface area contributed by atoms with Crippen molar-refractivity contribution in [3.63, 3.8) is 0 Å². The molecule has 1 amide bonds. The van der Waals surface area contributed by atoms with Gasteiger partial charge >= 0.3 is 5.97 Å². The van der Waals surface area contributed by atoms with E-state index in [0.29, 0.717) is 34.1 Å². The lowest BCUT2D eigenvalue weighted by atomic mass is 10.0. The Balaban J connectivity index is 1.51. The highest BCUT2D eigenvalue weighted by Gasteiger charge is 2.15. The van der Waals surface area contributed by atoms with Gasteiger partial charge in [-0.2, -0.15) is 5.10 Å². The minimum atomic E-state index is -0.480. The molecular weight excluding hydrogens is 452 g/mol. The van der Waals surface area contributed by atoms with E-state index in [1.807, 2.05) is 43.3 Å². The van der Waals surface area contributed by atoms with E-state index in [0.717, 1.165) is 10.8 Å². The predicted octanol–water partition coefficient (Wildman–Crippen LogP) is 5.88.